The molecule has 1 atom stereocenters. The number of thioether (sulfide) groups is 1. The van der Waals surface area contributed by atoms with Gasteiger partial charge in [0.1, 0.15) is 24.1 Å². The van der Waals surface area contributed by atoms with Crippen LogP contribution in [-0.2, 0) is 21.0 Å². The van der Waals surface area contributed by atoms with Gasteiger partial charge in [-0.15, -0.1) is 11.8 Å². The molecule has 1 heterocycles. The van der Waals surface area contributed by atoms with E-state index < -0.39 is 17.9 Å². The maximum atomic E-state index is 12.5. The lowest BCUT2D eigenvalue weighted by atomic mass is 10.1. The van der Waals surface area contributed by atoms with Crippen LogP contribution in [0.1, 0.15) is 18.1 Å². The van der Waals surface area contributed by atoms with Crippen molar-refractivity contribution < 1.29 is 24.2 Å². The molecule has 8 heteroatoms. The van der Waals surface area contributed by atoms with E-state index >= 15 is 0 Å². The molecule has 2 aromatic carbocycles. The van der Waals surface area contributed by atoms with E-state index in [-0.39, 0.29) is 11.6 Å². The summed E-state index contributed by atoms with van der Waals surface area (Å²) >= 11 is 1.45. The number of aliphatic carboxylic acids is 1. The smallest absolute Gasteiger partial charge is 0.352 e. The van der Waals surface area contributed by atoms with Crippen LogP contribution in [0.5, 0.6) is 5.75 Å². The van der Waals surface area contributed by atoms with Crippen molar-refractivity contribution in [1.29, 1.82) is 0 Å². The number of carbonyl (C=O) groups is 3. The van der Waals surface area contributed by atoms with Crippen LogP contribution in [0.25, 0.3) is 6.08 Å². The lowest BCUT2D eigenvalue weighted by molar-refractivity contribution is -0.137. The minimum Gasteiger partial charge on any atom is -0.489 e. The SMILES string of the molecule is CC(=O)N1CSC[C@H]1C(=O)N/C(=C/c1ccc(OCc2ccccc2)cc1)C(=O)O. The largest absolute Gasteiger partial charge is 0.489 e. The van der Waals surface area contributed by atoms with E-state index in [9.17, 15) is 19.5 Å². The molecule has 0 aromatic heterocycles. The van der Waals surface area contributed by atoms with Gasteiger partial charge in [-0.25, -0.2) is 4.79 Å². The Morgan fingerprint density at radius 2 is 1.87 bits per heavy atom. The van der Waals surface area contributed by atoms with Gasteiger partial charge in [0.05, 0.1) is 5.88 Å². The molecular formula is C22H22N2O5S. The topological polar surface area (TPSA) is 95.9 Å². The van der Waals surface area contributed by atoms with Crippen molar-refractivity contribution in [3.63, 3.8) is 0 Å². The molecule has 0 unspecified atom stereocenters. The van der Waals surface area contributed by atoms with Gasteiger partial charge in [-0.1, -0.05) is 42.5 Å². The van der Waals surface area contributed by atoms with Crippen LogP contribution >= 0.6 is 11.8 Å². The van der Waals surface area contributed by atoms with E-state index in [0.29, 0.717) is 29.5 Å². The van der Waals surface area contributed by atoms with Gasteiger partial charge < -0.3 is 20.1 Å². The normalized spacial score (nSPS) is 16.2. The zero-order valence-electron chi connectivity index (χ0n) is 16.4. The zero-order chi connectivity index (χ0) is 21.5. The highest BCUT2D eigenvalue weighted by Crippen LogP contribution is 2.21. The fourth-order valence-corrected chi connectivity index (χ4v) is 4.12. The van der Waals surface area contributed by atoms with Crippen LogP contribution in [0, 0.1) is 0 Å². The van der Waals surface area contributed by atoms with Gasteiger partial charge in [-0.2, -0.15) is 0 Å². The molecule has 2 amide bonds. The molecule has 30 heavy (non-hydrogen) atoms. The molecule has 156 valence electrons. The lowest BCUT2D eigenvalue weighted by Gasteiger charge is -2.21. The van der Waals surface area contributed by atoms with Crippen LogP contribution < -0.4 is 10.1 Å². The number of hydrogen-bond acceptors (Lipinski definition) is 5. The van der Waals surface area contributed by atoms with Crippen LogP contribution in [0.3, 0.4) is 0 Å². The lowest BCUT2D eigenvalue weighted by Crippen LogP contribution is -2.46. The maximum Gasteiger partial charge on any atom is 0.352 e. The van der Waals surface area contributed by atoms with Crippen molar-refractivity contribution in [3.8, 4) is 5.75 Å². The number of amides is 2. The van der Waals surface area contributed by atoms with Crippen LogP contribution in [0.15, 0.2) is 60.3 Å². The molecule has 1 fully saturated rings. The van der Waals surface area contributed by atoms with Gasteiger partial charge in [0.25, 0.3) is 0 Å². The highest BCUT2D eigenvalue weighted by atomic mass is 32.2. The standard InChI is InChI=1S/C22H22N2O5S/c1-15(25)24-14-30-13-20(24)21(26)23-19(22(27)28)11-16-7-9-18(10-8-16)29-12-17-5-3-2-4-6-17/h2-11,20H,12-14H2,1H3,(H,23,26)(H,27,28)/b19-11+/t20-/m0/s1. The van der Waals surface area contributed by atoms with Crippen molar-refractivity contribution >= 4 is 35.6 Å². The van der Waals surface area contributed by atoms with Gasteiger partial charge in [0, 0.05) is 12.7 Å². The molecule has 3 rings (SSSR count). The van der Waals surface area contributed by atoms with E-state index in [1.54, 1.807) is 24.3 Å². The number of carboxylic acid groups (broad SMARTS) is 1. The predicted octanol–water partition coefficient (Wildman–Crippen LogP) is 2.73. The molecule has 0 aliphatic carbocycles. The summed E-state index contributed by atoms with van der Waals surface area (Å²) in [7, 11) is 0. The molecule has 2 aromatic rings. The molecule has 0 radical (unpaired) electrons. The molecule has 0 spiro atoms. The Morgan fingerprint density at radius 3 is 2.50 bits per heavy atom. The van der Waals surface area contributed by atoms with Crippen LogP contribution in [-0.4, -0.2) is 45.5 Å². The first-order valence-corrected chi connectivity index (χ1v) is 10.5. The van der Waals surface area contributed by atoms with E-state index in [2.05, 4.69) is 5.32 Å². The number of ether oxygens (including phenoxy) is 1. The summed E-state index contributed by atoms with van der Waals surface area (Å²) in [4.78, 5) is 37.2. The van der Waals surface area contributed by atoms with Crippen molar-refractivity contribution in [2.45, 2.75) is 19.6 Å². The van der Waals surface area contributed by atoms with Crippen molar-refractivity contribution in [2.75, 3.05) is 11.6 Å². The second-order valence-electron chi connectivity index (χ2n) is 6.70. The Kier molecular flexibility index (Phi) is 7.13. The van der Waals surface area contributed by atoms with Gasteiger partial charge >= 0.3 is 5.97 Å². The third-order valence-corrected chi connectivity index (χ3v) is 5.53. The fourth-order valence-electron chi connectivity index (χ4n) is 2.91. The van der Waals surface area contributed by atoms with Gasteiger partial charge in [0.15, 0.2) is 0 Å². The van der Waals surface area contributed by atoms with Crippen LogP contribution in [0.2, 0.25) is 0 Å². The Morgan fingerprint density at radius 1 is 1.17 bits per heavy atom. The first-order valence-electron chi connectivity index (χ1n) is 9.31. The molecular weight excluding hydrogens is 404 g/mol. The number of rotatable bonds is 7. The molecule has 7 nitrogen and oxygen atoms in total. The van der Waals surface area contributed by atoms with E-state index in [4.69, 9.17) is 4.74 Å². The van der Waals surface area contributed by atoms with E-state index in [1.165, 1.54) is 29.7 Å². The Hall–Kier alpha value is -3.26. The first-order chi connectivity index (χ1) is 14.4. The summed E-state index contributed by atoms with van der Waals surface area (Å²) in [6, 6.07) is 16.0. The summed E-state index contributed by atoms with van der Waals surface area (Å²) in [6.07, 6.45) is 1.38. The van der Waals surface area contributed by atoms with Gasteiger partial charge in [0.2, 0.25) is 11.8 Å². The summed E-state index contributed by atoms with van der Waals surface area (Å²) in [5, 5.41) is 11.9. The fraction of sp³-hybridized carbons (Fsp3) is 0.227. The van der Waals surface area contributed by atoms with Gasteiger partial charge in [-0.05, 0) is 29.3 Å². The van der Waals surface area contributed by atoms with E-state index in [1.807, 2.05) is 30.3 Å². The maximum absolute atomic E-state index is 12.5. The quantitative estimate of drug-likeness (QED) is 0.661. The second kappa shape index (κ2) is 9.98. The summed E-state index contributed by atoms with van der Waals surface area (Å²) in [5.41, 5.74) is 1.39. The Balaban J connectivity index is 1.65. The van der Waals surface area contributed by atoms with Crippen molar-refractivity contribution in [2.24, 2.45) is 0 Å². The summed E-state index contributed by atoms with van der Waals surface area (Å²) < 4.78 is 5.72. The molecule has 1 aliphatic heterocycles. The van der Waals surface area contributed by atoms with Crippen molar-refractivity contribution in [3.05, 3.63) is 71.4 Å². The van der Waals surface area contributed by atoms with E-state index in [0.717, 1.165) is 5.56 Å². The molecule has 2 N–H and O–H groups in total. The Bertz CT molecular complexity index is 944. The van der Waals surface area contributed by atoms with Gasteiger partial charge in [-0.3, -0.25) is 9.59 Å². The average Bonchev–Trinajstić information content (AvgIpc) is 3.24. The number of nitrogens with zero attached hydrogens (tertiary/aromatic N) is 1. The Labute approximate surface area is 178 Å². The monoisotopic (exact) mass is 426 g/mol. The number of hydrogen-bond donors (Lipinski definition) is 2. The predicted molar refractivity (Wildman–Crippen MR) is 115 cm³/mol. The molecule has 0 bridgehead atoms. The summed E-state index contributed by atoms with van der Waals surface area (Å²) in [5.74, 6) is -0.473. The number of carbonyl (C=O) groups excluding carboxylic acids is 2. The number of benzene rings is 2. The first kappa shape index (κ1) is 21.4. The zero-order valence-corrected chi connectivity index (χ0v) is 17.2. The molecule has 1 aliphatic rings. The molecule has 1 saturated heterocycles. The highest BCUT2D eigenvalue weighted by Gasteiger charge is 2.33. The third kappa shape index (κ3) is 5.64. The van der Waals surface area contributed by atoms with Crippen molar-refractivity contribution in [1.82, 2.24) is 10.2 Å². The average molecular weight is 426 g/mol. The third-order valence-electron chi connectivity index (χ3n) is 4.52. The minimum absolute atomic E-state index is 0.216. The number of nitrogens with one attached hydrogen (secondary N) is 1. The minimum atomic E-state index is -1.26. The highest BCUT2D eigenvalue weighted by molar-refractivity contribution is 7.99. The number of carboxylic acids is 1. The molecule has 0 saturated carbocycles. The second-order valence-corrected chi connectivity index (χ2v) is 7.70. The van der Waals surface area contributed by atoms with Crippen LogP contribution in [0.4, 0.5) is 0 Å². The summed E-state index contributed by atoms with van der Waals surface area (Å²) in [6.45, 7) is 1.82.